The molecule has 2 atom stereocenters. The van der Waals surface area contributed by atoms with Crippen LogP contribution < -0.4 is 5.32 Å². The first-order valence-electron chi connectivity index (χ1n) is 9.33. The molecular formula is C20H24F3N3O. The molecule has 2 aromatic rings. The summed E-state index contributed by atoms with van der Waals surface area (Å²) < 4.78 is 40.0. The van der Waals surface area contributed by atoms with E-state index in [2.05, 4.69) is 17.2 Å². The van der Waals surface area contributed by atoms with Crippen molar-refractivity contribution in [3.63, 3.8) is 0 Å². The molecule has 4 nitrogen and oxygen atoms in total. The summed E-state index contributed by atoms with van der Waals surface area (Å²) in [6, 6.07) is 6.26. The van der Waals surface area contributed by atoms with Gasteiger partial charge in [-0.15, -0.1) is 0 Å². The number of benzene rings is 1. The SMILES string of the molecule is C[C@@H]1CC(c2ccc(C(F)(F)F)c3ncccc23)CN(C(=O)NC2CC2)C1.[HH]. The zero-order valence-corrected chi connectivity index (χ0v) is 15.1. The number of carbonyl (C=O) groups excluding carboxylic acids is 1. The molecule has 0 radical (unpaired) electrons. The van der Waals surface area contributed by atoms with Gasteiger partial charge in [0.1, 0.15) is 0 Å². The van der Waals surface area contributed by atoms with E-state index in [1.165, 1.54) is 6.20 Å². The number of halogens is 3. The summed E-state index contributed by atoms with van der Waals surface area (Å²) in [6.07, 6.45) is -0.175. The lowest BCUT2D eigenvalue weighted by Crippen LogP contribution is -2.48. The zero-order valence-electron chi connectivity index (χ0n) is 15.1. The molecule has 2 aliphatic rings. The Morgan fingerprint density at radius 3 is 2.74 bits per heavy atom. The number of amides is 2. The van der Waals surface area contributed by atoms with Crippen molar-refractivity contribution >= 4 is 16.9 Å². The van der Waals surface area contributed by atoms with Gasteiger partial charge < -0.3 is 10.2 Å². The fraction of sp³-hybridized carbons (Fsp3) is 0.500. The van der Waals surface area contributed by atoms with Gasteiger partial charge in [0, 0.05) is 38.1 Å². The van der Waals surface area contributed by atoms with E-state index in [9.17, 15) is 18.0 Å². The van der Waals surface area contributed by atoms with Crippen LogP contribution in [-0.4, -0.2) is 35.0 Å². The minimum atomic E-state index is -4.44. The van der Waals surface area contributed by atoms with E-state index < -0.39 is 11.7 Å². The van der Waals surface area contributed by atoms with E-state index in [1.54, 1.807) is 23.1 Å². The highest BCUT2D eigenvalue weighted by Crippen LogP contribution is 2.39. The largest absolute Gasteiger partial charge is 0.418 e. The summed E-state index contributed by atoms with van der Waals surface area (Å²) in [6.45, 7) is 3.26. The molecule has 4 rings (SSSR count). The van der Waals surface area contributed by atoms with E-state index in [0.29, 0.717) is 18.5 Å². The fourth-order valence-electron chi connectivity index (χ4n) is 4.02. The van der Waals surface area contributed by atoms with Gasteiger partial charge >= 0.3 is 12.2 Å². The molecule has 1 aromatic heterocycles. The number of nitrogens with zero attached hydrogens (tertiary/aromatic N) is 2. The van der Waals surface area contributed by atoms with Gasteiger partial charge in [-0.3, -0.25) is 4.98 Å². The molecular weight excluding hydrogens is 355 g/mol. The molecule has 2 amide bonds. The molecule has 1 unspecified atom stereocenters. The number of piperidine rings is 1. The van der Waals surface area contributed by atoms with Crippen molar-refractivity contribution in [2.45, 2.75) is 44.3 Å². The van der Waals surface area contributed by atoms with Crippen LogP contribution in [0.1, 0.15) is 44.7 Å². The third-order valence-corrected chi connectivity index (χ3v) is 5.40. The van der Waals surface area contributed by atoms with Gasteiger partial charge in [0.25, 0.3) is 0 Å². The number of aromatic nitrogens is 1. The van der Waals surface area contributed by atoms with Crippen LogP contribution in [0, 0.1) is 5.92 Å². The Kier molecular flexibility index (Phi) is 4.48. The first-order valence-corrected chi connectivity index (χ1v) is 9.33. The predicted octanol–water partition coefficient (Wildman–Crippen LogP) is 4.80. The number of rotatable bonds is 2. The Bertz CT molecular complexity index is 869. The highest BCUT2D eigenvalue weighted by Gasteiger charge is 2.36. The third kappa shape index (κ3) is 3.73. The number of urea groups is 1. The third-order valence-electron chi connectivity index (χ3n) is 5.40. The summed E-state index contributed by atoms with van der Waals surface area (Å²) in [7, 11) is 0. The van der Waals surface area contributed by atoms with Crippen molar-refractivity contribution < 1.29 is 19.4 Å². The van der Waals surface area contributed by atoms with Crippen LogP contribution in [0.25, 0.3) is 10.9 Å². The topological polar surface area (TPSA) is 45.2 Å². The molecule has 2 heterocycles. The number of nitrogens with one attached hydrogen (secondary N) is 1. The average molecular weight is 379 g/mol. The normalized spacial score (nSPS) is 23.5. The smallest absolute Gasteiger partial charge is 0.335 e. The number of alkyl halides is 3. The molecule has 27 heavy (non-hydrogen) atoms. The van der Waals surface area contributed by atoms with Gasteiger partial charge in [-0.2, -0.15) is 13.2 Å². The second-order valence-corrected chi connectivity index (χ2v) is 7.77. The molecule has 1 aliphatic heterocycles. The maximum atomic E-state index is 13.3. The molecule has 0 spiro atoms. The highest BCUT2D eigenvalue weighted by molar-refractivity contribution is 5.86. The molecule has 1 aromatic carbocycles. The number of likely N-dealkylation sites (tertiary alicyclic amines) is 1. The Balaban J connectivity index is 0.00000225. The van der Waals surface area contributed by atoms with Gasteiger partial charge in [-0.05, 0) is 42.9 Å². The predicted molar refractivity (Wildman–Crippen MR) is 98.5 cm³/mol. The van der Waals surface area contributed by atoms with Crippen LogP contribution in [0.2, 0.25) is 0 Å². The molecule has 0 bridgehead atoms. The van der Waals surface area contributed by atoms with Gasteiger partial charge in [0.05, 0.1) is 11.1 Å². The maximum absolute atomic E-state index is 13.3. The van der Waals surface area contributed by atoms with Crippen LogP contribution in [-0.2, 0) is 6.18 Å². The minimum absolute atomic E-state index is 0. The summed E-state index contributed by atoms with van der Waals surface area (Å²) in [5.74, 6) is 0.274. The lowest BCUT2D eigenvalue weighted by molar-refractivity contribution is -0.136. The highest BCUT2D eigenvalue weighted by atomic mass is 19.4. The van der Waals surface area contributed by atoms with Crippen LogP contribution in [0.4, 0.5) is 18.0 Å². The molecule has 2 fully saturated rings. The monoisotopic (exact) mass is 379 g/mol. The van der Waals surface area contributed by atoms with Crippen molar-refractivity contribution in [3.8, 4) is 0 Å². The second kappa shape index (κ2) is 6.69. The summed E-state index contributed by atoms with van der Waals surface area (Å²) >= 11 is 0. The number of hydrogen-bond acceptors (Lipinski definition) is 2. The van der Waals surface area contributed by atoms with E-state index in [4.69, 9.17) is 0 Å². The number of pyridine rings is 1. The fourth-order valence-corrected chi connectivity index (χ4v) is 4.02. The maximum Gasteiger partial charge on any atom is 0.418 e. The Labute approximate surface area is 157 Å². The summed E-state index contributed by atoms with van der Waals surface area (Å²) in [5.41, 5.74) is 0.102. The molecule has 146 valence electrons. The standard InChI is InChI=1S/C20H22F3N3O.H2/c1-12-9-13(11-26(10-12)19(27)25-14-4-5-14)15-6-7-17(20(21,22)23)18-16(15)3-2-8-24-18;/h2-3,6-8,12-14H,4-5,9-11H2,1H3,(H,25,27);1H/t12-,13?;/m1./s1. The summed E-state index contributed by atoms with van der Waals surface area (Å²) in [5, 5.41) is 3.53. The minimum Gasteiger partial charge on any atom is -0.335 e. The molecule has 1 saturated carbocycles. The van der Waals surface area contributed by atoms with Gasteiger partial charge in [-0.25, -0.2) is 4.79 Å². The van der Waals surface area contributed by atoms with Gasteiger partial charge in [0.15, 0.2) is 0 Å². The van der Waals surface area contributed by atoms with Crippen molar-refractivity contribution in [1.29, 1.82) is 0 Å². The number of fused-ring (bicyclic) bond motifs is 1. The van der Waals surface area contributed by atoms with Gasteiger partial charge in [-0.1, -0.05) is 19.1 Å². The van der Waals surface area contributed by atoms with E-state index in [0.717, 1.165) is 30.9 Å². The first kappa shape index (κ1) is 18.1. The van der Waals surface area contributed by atoms with Crippen LogP contribution >= 0.6 is 0 Å². The molecule has 1 N–H and O–H groups in total. The van der Waals surface area contributed by atoms with Crippen molar-refractivity contribution in [2.75, 3.05) is 13.1 Å². The van der Waals surface area contributed by atoms with Crippen LogP contribution in [0.5, 0.6) is 0 Å². The van der Waals surface area contributed by atoms with Crippen LogP contribution in [0.15, 0.2) is 30.5 Å². The lowest BCUT2D eigenvalue weighted by atomic mass is 9.83. The van der Waals surface area contributed by atoms with Crippen molar-refractivity contribution in [1.82, 2.24) is 15.2 Å². The Hall–Kier alpha value is -2.31. The molecule has 7 heteroatoms. The van der Waals surface area contributed by atoms with Crippen molar-refractivity contribution in [3.05, 3.63) is 41.6 Å². The number of carbonyl (C=O) groups is 1. The van der Waals surface area contributed by atoms with E-state index in [-0.39, 0.29) is 30.9 Å². The zero-order chi connectivity index (χ0) is 19.2. The second-order valence-electron chi connectivity index (χ2n) is 7.77. The Morgan fingerprint density at radius 2 is 2.04 bits per heavy atom. The van der Waals surface area contributed by atoms with E-state index >= 15 is 0 Å². The first-order chi connectivity index (χ1) is 12.8. The van der Waals surface area contributed by atoms with Gasteiger partial charge in [0.2, 0.25) is 0 Å². The number of hydrogen-bond donors (Lipinski definition) is 1. The molecule has 1 saturated heterocycles. The average Bonchev–Trinajstić information content (AvgIpc) is 3.43. The summed E-state index contributed by atoms with van der Waals surface area (Å²) in [4.78, 5) is 18.3. The van der Waals surface area contributed by atoms with E-state index in [1.807, 2.05) is 0 Å². The molecule has 1 aliphatic carbocycles. The Morgan fingerprint density at radius 1 is 1.26 bits per heavy atom. The van der Waals surface area contributed by atoms with Crippen LogP contribution in [0.3, 0.4) is 0 Å². The quantitative estimate of drug-likeness (QED) is 0.815. The van der Waals surface area contributed by atoms with Crippen molar-refractivity contribution in [2.24, 2.45) is 5.92 Å². The lowest BCUT2D eigenvalue weighted by Gasteiger charge is -2.37.